The fourth-order valence-corrected chi connectivity index (χ4v) is 2.92. The van der Waals surface area contributed by atoms with Crippen LogP contribution < -0.4 is 0 Å². The van der Waals surface area contributed by atoms with E-state index in [0.29, 0.717) is 0 Å². The summed E-state index contributed by atoms with van der Waals surface area (Å²) in [5.74, 6) is 0.180. The molecule has 1 aromatic rings. The molecular weight excluding hydrogens is 262 g/mol. The lowest BCUT2D eigenvalue weighted by Crippen LogP contribution is -2.50. The molecule has 1 amide bonds. The van der Waals surface area contributed by atoms with E-state index in [1.54, 1.807) is 0 Å². The van der Waals surface area contributed by atoms with Gasteiger partial charge in [0.05, 0.1) is 6.07 Å². The highest BCUT2D eigenvalue weighted by Gasteiger charge is 2.30. The van der Waals surface area contributed by atoms with Crippen LogP contribution in [-0.4, -0.2) is 48.4 Å². The Balaban J connectivity index is 1.58. The topological polar surface area (TPSA) is 47.3 Å². The normalized spacial score (nSPS) is 20.8. The average molecular weight is 283 g/mol. The molecule has 4 nitrogen and oxygen atoms in total. The molecule has 1 aliphatic heterocycles. The van der Waals surface area contributed by atoms with Crippen molar-refractivity contribution in [1.29, 1.82) is 5.26 Å². The van der Waals surface area contributed by atoms with Crippen molar-refractivity contribution in [1.82, 2.24) is 9.80 Å². The summed E-state index contributed by atoms with van der Waals surface area (Å²) >= 11 is 0. The molecule has 0 N–H and O–H groups in total. The Morgan fingerprint density at radius 1 is 1.19 bits per heavy atom. The molecule has 0 radical (unpaired) electrons. The first-order chi connectivity index (χ1) is 10.3. The number of carbonyl (C=O) groups is 1. The Kier molecular flexibility index (Phi) is 4.21. The van der Waals surface area contributed by atoms with Gasteiger partial charge in [-0.15, -0.1) is 0 Å². The summed E-state index contributed by atoms with van der Waals surface area (Å²) in [4.78, 5) is 16.9. The fourth-order valence-electron chi connectivity index (χ4n) is 2.92. The van der Waals surface area contributed by atoms with Crippen LogP contribution in [0.1, 0.15) is 24.3 Å². The molecule has 0 bridgehead atoms. The van der Waals surface area contributed by atoms with Gasteiger partial charge in [-0.25, -0.2) is 0 Å². The smallest absolute Gasteiger partial charge is 0.244 e. The first kappa shape index (κ1) is 14.1. The van der Waals surface area contributed by atoms with E-state index in [0.717, 1.165) is 37.7 Å². The maximum absolute atomic E-state index is 12.6. The molecule has 4 heteroatoms. The summed E-state index contributed by atoms with van der Waals surface area (Å²) < 4.78 is 0. The molecule has 1 aliphatic carbocycles. The molecule has 1 heterocycles. The van der Waals surface area contributed by atoms with E-state index in [9.17, 15) is 10.1 Å². The van der Waals surface area contributed by atoms with Gasteiger partial charge in [0.2, 0.25) is 5.91 Å². The van der Waals surface area contributed by atoms with Gasteiger partial charge in [-0.05, 0) is 24.3 Å². The van der Waals surface area contributed by atoms with Crippen molar-refractivity contribution in [3.05, 3.63) is 35.9 Å². The Morgan fingerprint density at radius 3 is 2.43 bits per heavy atom. The third-order valence-corrected chi connectivity index (χ3v) is 4.41. The number of nitrogens with zero attached hydrogens (tertiary/aromatic N) is 3. The van der Waals surface area contributed by atoms with Crippen LogP contribution in [0.4, 0.5) is 0 Å². The first-order valence-corrected chi connectivity index (χ1v) is 7.73. The molecular formula is C17H21N3O. The molecule has 0 spiro atoms. The molecule has 2 fully saturated rings. The summed E-state index contributed by atoms with van der Waals surface area (Å²) in [6, 6.07) is 11.5. The lowest BCUT2D eigenvalue weighted by molar-refractivity contribution is -0.133. The van der Waals surface area contributed by atoms with Crippen molar-refractivity contribution in [2.75, 3.05) is 32.7 Å². The second-order valence-electron chi connectivity index (χ2n) is 6.04. The minimum absolute atomic E-state index is 0.0465. The minimum Gasteiger partial charge on any atom is -0.339 e. The largest absolute Gasteiger partial charge is 0.339 e. The molecule has 3 rings (SSSR count). The lowest BCUT2D eigenvalue weighted by Gasteiger charge is -2.35. The van der Waals surface area contributed by atoms with Crippen LogP contribution in [0.25, 0.3) is 0 Å². The van der Waals surface area contributed by atoms with Gasteiger partial charge >= 0.3 is 0 Å². The van der Waals surface area contributed by atoms with Crippen molar-refractivity contribution < 1.29 is 4.79 Å². The quantitative estimate of drug-likeness (QED) is 0.847. The van der Waals surface area contributed by atoms with Crippen LogP contribution in [0, 0.1) is 17.2 Å². The SMILES string of the molecule is N#CC(C(=O)N1CCN(CC2CC2)CC1)c1ccccc1. The van der Waals surface area contributed by atoms with Crippen molar-refractivity contribution in [3.63, 3.8) is 0 Å². The van der Waals surface area contributed by atoms with Gasteiger partial charge in [0.15, 0.2) is 0 Å². The van der Waals surface area contributed by atoms with E-state index in [-0.39, 0.29) is 5.91 Å². The summed E-state index contributed by atoms with van der Waals surface area (Å²) in [6.45, 7) is 4.56. The molecule has 1 unspecified atom stereocenters. The highest BCUT2D eigenvalue weighted by molar-refractivity contribution is 5.86. The third kappa shape index (κ3) is 3.43. The first-order valence-electron chi connectivity index (χ1n) is 7.73. The number of benzene rings is 1. The van der Waals surface area contributed by atoms with Crippen LogP contribution in [0.2, 0.25) is 0 Å². The second kappa shape index (κ2) is 6.28. The number of amides is 1. The van der Waals surface area contributed by atoms with E-state index >= 15 is 0 Å². The number of hydrogen-bond donors (Lipinski definition) is 0. The van der Waals surface area contributed by atoms with Crippen LogP contribution >= 0.6 is 0 Å². The number of nitriles is 1. The maximum atomic E-state index is 12.6. The zero-order chi connectivity index (χ0) is 14.7. The number of hydrogen-bond acceptors (Lipinski definition) is 3. The maximum Gasteiger partial charge on any atom is 0.244 e. The van der Waals surface area contributed by atoms with Gasteiger partial charge in [-0.2, -0.15) is 5.26 Å². The van der Waals surface area contributed by atoms with Crippen molar-refractivity contribution >= 4 is 5.91 Å². The molecule has 110 valence electrons. The predicted octanol–water partition coefficient (Wildman–Crippen LogP) is 1.85. The monoisotopic (exact) mass is 283 g/mol. The van der Waals surface area contributed by atoms with Crippen molar-refractivity contribution in [2.24, 2.45) is 5.92 Å². The van der Waals surface area contributed by atoms with Crippen molar-refractivity contribution in [2.45, 2.75) is 18.8 Å². The predicted molar refractivity (Wildman–Crippen MR) is 80.5 cm³/mol. The third-order valence-electron chi connectivity index (χ3n) is 4.41. The molecule has 1 saturated carbocycles. The Hall–Kier alpha value is -1.86. The van der Waals surface area contributed by atoms with E-state index in [4.69, 9.17) is 0 Å². The molecule has 1 saturated heterocycles. The highest BCUT2D eigenvalue weighted by Crippen LogP contribution is 2.30. The standard InChI is InChI=1S/C17H21N3O/c18-12-16(15-4-2-1-3-5-15)17(21)20-10-8-19(9-11-20)13-14-6-7-14/h1-5,14,16H,6-11,13H2. The van der Waals surface area contributed by atoms with Gasteiger partial charge in [0.1, 0.15) is 5.92 Å². The van der Waals surface area contributed by atoms with Gasteiger partial charge < -0.3 is 4.90 Å². The lowest BCUT2D eigenvalue weighted by atomic mass is 9.99. The molecule has 1 atom stereocenters. The van der Waals surface area contributed by atoms with Gasteiger partial charge in [0, 0.05) is 32.7 Å². The Bertz CT molecular complexity index is 525. The second-order valence-corrected chi connectivity index (χ2v) is 6.04. The van der Waals surface area contributed by atoms with E-state index in [1.165, 1.54) is 19.4 Å². The molecule has 0 aromatic heterocycles. The van der Waals surface area contributed by atoms with E-state index in [1.807, 2.05) is 35.2 Å². The average Bonchev–Trinajstić information content (AvgIpc) is 3.34. The highest BCUT2D eigenvalue weighted by atomic mass is 16.2. The van der Waals surface area contributed by atoms with Crippen molar-refractivity contribution in [3.8, 4) is 6.07 Å². The summed E-state index contributed by atoms with van der Waals surface area (Å²) in [5.41, 5.74) is 0.797. The van der Waals surface area contributed by atoms with Gasteiger partial charge in [-0.3, -0.25) is 9.69 Å². The number of rotatable bonds is 4. The van der Waals surface area contributed by atoms with Gasteiger partial charge in [-0.1, -0.05) is 30.3 Å². The van der Waals surface area contributed by atoms with E-state index in [2.05, 4.69) is 11.0 Å². The Labute approximate surface area is 126 Å². The fraction of sp³-hybridized carbons (Fsp3) is 0.529. The molecule has 1 aromatic carbocycles. The van der Waals surface area contributed by atoms with Crippen LogP contribution in [0.15, 0.2) is 30.3 Å². The van der Waals surface area contributed by atoms with Crippen LogP contribution in [0.3, 0.4) is 0 Å². The minimum atomic E-state index is -0.666. The Morgan fingerprint density at radius 2 is 1.86 bits per heavy atom. The van der Waals surface area contributed by atoms with Crippen LogP contribution in [-0.2, 0) is 4.79 Å². The zero-order valence-electron chi connectivity index (χ0n) is 12.2. The molecule has 21 heavy (non-hydrogen) atoms. The molecule has 2 aliphatic rings. The summed E-state index contributed by atoms with van der Waals surface area (Å²) in [6.07, 6.45) is 2.73. The van der Waals surface area contributed by atoms with E-state index < -0.39 is 5.92 Å². The van der Waals surface area contributed by atoms with Crippen LogP contribution in [0.5, 0.6) is 0 Å². The summed E-state index contributed by atoms with van der Waals surface area (Å²) in [5, 5.41) is 9.35. The number of carbonyl (C=O) groups excluding carboxylic acids is 1. The van der Waals surface area contributed by atoms with Gasteiger partial charge in [0.25, 0.3) is 0 Å². The zero-order valence-corrected chi connectivity index (χ0v) is 12.2. The summed E-state index contributed by atoms with van der Waals surface area (Å²) in [7, 11) is 0. The number of piperazine rings is 1.